The third-order valence-corrected chi connectivity index (χ3v) is 5.67. The SMILES string of the molecule is CC(=O)c1ccc2c(c1)c1cc(C(C)=O)ccc1n2CCNC1CCOCC1. The molecule has 1 saturated heterocycles. The molecule has 4 rings (SSSR count). The van der Waals surface area contributed by atoms with E-state index in [-0.39, 0.29) is 11.6 Å². The Hall–Kier alpha value is -2.50. The van der Waals surface area contributed by atoms with Crippen LogP contribution < -0.4 is 5.32 Å². The molecule has 1 aliphatic heterocycles. The number of ether oxygens (including phenoxy) is 1. The van der Waals surface area contributed by atoms with Crippen LogP contribution in [0.25, 0.3) is 21.8 Å². The van der Waals surface area contributed by atoms with Crippen molar-refractivity contribution in [1.29, 1.82) is 0 Å². The van der Waals surface area contributed by atoms with Gasteiger partial charge in [0.25, 0.3) is 0 Å². The Balaban J connectivity index is 1.72. The van der Waals surface area contributed by atoms with E-state index in [0.29, 0.717) is 17.2 Å². The topological polar surface area (TPSA) is 60.3 Å². The predicted molar refractivity (Wildman–Crippen MR) is 111 cm³/mol. The normalized spacial score (nSPS) is 15.4. The van der Waals surface area contributed by atoms with Gasteiger partial charge in [0.2, 0.25) is 0 Å². The first kappa shape index (κ1) is 18.8. The Morgan fingerprint density at radius 1 is 0.964 bits per heavy atom. The zero-order valence-electron chi connectivity index (χ0n) is 16.5. The second-order valence-electron chi connectivity index (χ2n) is 7.57. The first-order valence-electron chi connectivity index (χ1n) is 9.93. The third kappa shape index (κ3) is 3.60. The summed E-state index contributed by atoms with van der Waals surface area (Å²) in [5.74, 6) is 0.0958. The second-order valence-corrected chi connectivity index (χ2v) is 7.57. The summed E-state index contributed by atoms with van der Waals surface area (Å²) in [4.78, 5) is 23.7. The van der Waals surface area contributed by atoms with Crippen LogP contribution in [0.4, 0.5) is 0 Å². The number of benzene rings is 2. The van der Waals surface area contributed by atoms with Crippen LogP contribution in [-0.2, 0) is 11.3 Å². The quantitative estimate of drug-likeness (QED) is 0.660. The highest BCUT2D eigenvalue weighted by Gasteiger charge is 2.16. The summed E-state index contributed by atoms with van der Waals surface area (Å²) in [6.07, 6.45) is 2.11. The van der Waals surface area contributed by atoms with Crippen LogP contribution in [0.5, 0.6) is 0 Å². The highest BCUT2D eigenvalue weighted by atomic mass is 16.5. The first-order chi connectivity index (χ1) is 13.5. The van der Waals surface area contributed by atoms with Crippen molar-refractivity contribution in [3.05, 3.63) is 47.5 Å². The highest BCUT2D eigenvalue weighted by Crippen LogP contribution is 2.31. The number of aromatic nitrogens is 1. The van der Waals surface area contributed by atoms with Gasteiger partial charge in [0, 0.05) is 65.3 Å². The van der Waals surface area contributed by atoms with E-state index in [1.54, 1.807) is 13.8 Å². The first-order valence-corrected chi connectivity index (χ1v) is 9.93. The van der Waals surface area contributed by atoms with E-state index in [2.05, 4.69) is 9.88 Å². The molecule has 0 atom stereocenters. The van der Waals surface area contributed by atoms with Crippen LogP contribution in [-0.4, -0.2) is 41.9 Å². The van der Waals surface area contributed by atoms with Crippen LogP contribution in [0.3, 0.4) is 0 Å². The van der Waals surface area contributed by atoms with Crippen molar-refractivity contribution >= 4 is 33.4 Å². The summed E-state index contributed by atoms with van der Waals surface area (Å²) in [5, 5.41) is 5.69. The molecule has 28 heavy (non-hydrogen) atoms. The Bertz CT molecular complexity index is 974. The number of nitrogens with one attached hydrogen (secondary N) is 1. The molecule has 0 unspecified atom stereocenters. The van der Waals surface area contributed by atoms with Crippen molar-refractivity contribution in [3.8, 4) is 0 Å². The minimum atomic E-state index is 0.0479. The maximum atomic E-state index is 11.9. The number of fused-ring (bicyclic) bond motifs is 3. The number of nitrogens with zero attached hydrogens (tertiary/aromatic N) is 1. The summed E-state index contributed by atoms with van der Waals surface area (Å²) in [5.41, 5.74) is 3.57. The molecule has 0 saturated carbocycles. The number of rotatable bonds is 6. The van der Waals surface area contributed by atoms with Gasteiger partial charge in [-0.3, -0.25) is 9.59 Å². The number of ketones is 2. The van der Waals surface area contributed by atoms with E-state index in [9.17, 15) is 9.59 Å². The van der Waals surface area contributed by atoms with Crippen molar-refractivity contribution in [2.45, 2.75) is 39.3 Å². The fourth-order valence-corrected chi connectivity index (χ4v) is 4.07. The number of carbonyl (C=O) groups excluding carboxylic acids is 2. The molecule has 2 aromatic carbocycles. The number of carbonyl (C=O) groups is 2. The van der Waals surface area contributed by atoms with Gasteiger partial charge in [-0.1, -0.05) is 0 Å². The smallest absolute Gasteiger partial charge is 0.159 e. The van der Waals surface area contributed by atoms with E-state index in [0.717, 1.165) is 61.0 Å². The molecular formula is C23H26N2O3. The molecule has 0 aliphatic carbocycles. The van der Waals surface area contributed by atoms with E-state index < -0.39 is 0 Å². The number of Topliss-reactive ketones (excluding diaryl/α,β-unsaturated/α-hetero) is 2. The lowest BCUT2D eigenvalue weighted by Crippen LogP contribution is -2.36. The fraction of sp³-hybridized carbons (Fsp3) is 0.391. The Morgan fingerprint density at radius 3 is 2.00 bits per heavy atom. The van der Waals surface area contributed by atoms with E-state index in [4.69, 9.17) is 4.74 Å². The lowest BCUT2D eigenvalue weighted by atomic mass is 10.0. The maximum absolute atomic E-state index is 11.9. The summed E-state index contributed by atoms with van der Waals surface area (Å²) in [7, 11) is 0. The van der Waals surface area contributed by atoms with Gasteiger partial charge in [-0.05, 0) is 63.1 Å². The van der Waals surface area contributed by atoms with Gasteiger partial charge in [0.05, 0.1) is 0 Å². The fourth-order valence-electron chi connectivity index (χ4n) is 4.07. The standard InChI is InChI=1S/C23H26N2O3/c1-15(26)17-3-5-22-20(13-17)21-14-18(16(2)27)4-6-23(21)25(22)10-9-24-19-7-11-28-12-8-19/h3-6,13-14,19,24H,7-12H2,1-2H3. The van der Waals surface area contributed by atoms with Crippen LogP contribution in [0.2, 0.25) is 0 Å². The van der Waals surface area contributed by atoms with Crippen LogP contribution >= 0.6 is 0 Å². The minimum absolute atomic E-state index is 0.0479. The molecule has 1 N–H and O–H groups in total. The average Bonchev–Trinajstić information content (AvgIpc) is 3.01. The monoisotopic (exact) mass is 378 g/mol. The summed E-state index contributed by atoms with van der Waals surface area (Å²) in [6.45, 7) is 6.52. The molecule has 0 bridgehead atoms. The molecular weight excluding hydrogens is 352 g/mol. The number of hydrogen-bond donors (Lipinski definition) is 1. The van der Waals surface area contributed by atoms with Crippen molar-refractivity contribution in [2.75, 3.05) is 19.8 Å². The van der Waals surface area contributed by atoms with Gasteiger partial charge >= 0.3 is 0 Å². The molecule has 5 heteroatoms. The summed E-state index contributed by atoms with van der Waals surface area (Å²) in [6, 6.07) is 12.2. The van der Waals surface area contributed by atoms with E-state index >= 15 is 0 Å². The molecule has 0 radical (unpaired) electrons. The van der Waals surface area contributed by atoms with Crippen molar-refractivity contribution < 1.29 is 14.3 Å². The van der Waals surface area contributed by atoms with Gasteiger partial charge in [-0.15, -0.1) is 0 Å². The second kappa shape index (κ2) is 7.86. The van der Waals surface area contributed by atoms with Gasteiger partial charge in [-0.2, -0.15) is 0 Å². The van der Waals surface area contributed by atoms with Crippen molar-refractivity contribution in [1.82, 2.24) is 9.88 Å². The van der Waals surface area contributed by atoms with Gasteiger partial charge < -0.3 is 14.6 Å². The largest absolute Gasteiger partial charge is 0.381 e. The van der Waals surface area contributed by atoms with Crippen LogP contribution in [0.1, 0.15) is 47.4 Å². The molecule has 1 fully saturated rings. The van der Waals surface area contributed by atoms with Crippen LogP contribution in [0, 0.1) is 0 Å². The van der Waals surface area contributed by atoms with Gasteiger partial charge in [0.15, 0.2) is 11.6 Å². The summed E-state index contributed by atoms with van der Waals surface area (Å²) < 4.78 is 7.71. The van der Waals surface area contributed by atoms with Gasteiger partial charge in [0.1, 0.15) is 0 Å². The van der Waals surface area contributed by atoms with E-state index in [1.807, 2.05) is 36.4 Å². The Morgan fingerprint density at radius 2 is 1.50 bits per heavy atom. The minimum Gasteiger partial charge on any atom is -0.381 e. The highest BCUT2D eigenvalue weighted by molar-refractivity contribution is 6.12. The Labute approximate surface area is 164 Å². The molecule has 3 aromatic rings. The molecule has 5 nitrogen and oxygen atoms in total. The lowest BCUT2D eigenvalue weighted by Gasteiger charge is -2.23. The molecule has 146 valence electrons. The van der Waals surface area contributed by atoms with Crippen molar-refractivity contribution in [2.24, 2.45) is 0 Å². The van der Waals surface area contributed by atoms with E-state index in [1.165, 1.54) is 0 Å². The molecule has 1 aliphatic rings. The maximum Gasteiger partial charge on any atom is 0.159 e. The van der Waals surface area contributed by atoms with Gasteiger partial charge in [-0.25, -0.2) is 0 Å². The average molecular weight is 378 g/mol. The zero-order valence-corrected chi connectivity index (χ0v) is 16.5. The molecule has 2 heterocycles. The molecule has 0 amide bonds. The summed E-state index contributed by atoms with van der Waals surface area (Å²) >= 11 is 0. The predicted octanol–water partition coefficient (Wildman–Crippen LogP) is 3.97. The lowest BCUT2D eigenvalue weighted by molar-refractivity contribution is 0.0779. The third-order valence-electron chi connectivity index (χ3n) is 5.67. The molecule has 0 spiro atoms. The molecule has 1 aromatic heterocycles. The number of hydrogen-bond acceptors (Lipinski definition) is 4. The van der Waals surface area contributed by atoms with Crippen molar-refractivity contribution in [3.63, 3.8) is 0 Å². The zero-order chi connectivity index (χ0) is 19.7. The van der Waals surface area contributed by atoms with Crippen LogP contribution in [0.15, 0.2) is 36.4 Å². The Kier molecular flexibility index (Phi) is 5.29.